The van der Waals surface area contributed by atoms with Gasteiger partial charge in [-0.15, -0.1) is 0 Å². The maximum absolute atomic E-state index is 10.3. The van der Waals surface area contributed by atoms with Gasteiger partial charge in [-0.3, -0.25) is 54.0 Å². The molecule has 0 aliphatic carbocycles. The summed E-state index contributed by atoms with van der Waals surface area (Å²) in [5.74, 6) is -15.1. The molecule has 0 radical (unpaired) electrons. The topological polar surface area (TPSA) is 637 Å². The Labute approximate surface area is 331 Å². The molecule has 0 fully saturated rings. The Kier molecular flexibility index (Phi) is 37.3. The van der Waals surface area contributed by atoms with Gasteiger partial charge in [0.15, 0.2) is 16.8 Å². The molecule has 0 aliphatic rings. The standard InChI is InChI=1S/3C6H8O7.2Al.3H2O4S/c3*7-3(8)1-6(13,5(11)12)2-4(9)10;;;3*1-5(2,3)4/h3*13H,1-2H2,(H,7,8)(H,9,10)(H,11,12);;;3*(H2,1,2,3,4)/q;;;2*+3;;;/p-6. The van der Waals surface area contributed by atoms with Crippen molar-refractivity contribution in [1.29, 1.82) is 0 Å². The first-order chi connectivity index (χ1) is 23.3. The summed E-state index contributed by atoms with van der Waals surface area (Å²) in [4.78, 5) is 91.5. The Bertz CT molecular complexity index is 1400. The Hall–Kier alpha value is -4.22. The number of aliphatic hydroxyl groups is 3. The quantitative estimate of drug-likeness (QED) is 0.0412. The van der Waals surface area contributed by atoms with Gasteiger partial charge >= 0.3 is 88.4 Å². The predicted octanol–water partition coefficient (Wildman–Crippen LogP) is -8.52. The maximum Gasteiger partial charge on any atom is 3.00 e. The number of carboxylic acid groups (broad SMARTS) is 9. The Morgan fingerprint density at radius 2 is 0.393 bits per heavy atom. The molecule has 0 aromatic rings. The van der Waals surface area contributed by atoms with E-state index in [4.69, 9.17) is 114 Å². The SMILES string of the molecule is O=C(O)CC(O)(CC(=O)O)C(=O)O.O=C(O)CC(O)(CC(=O)O)C(=O)O.O=C(O)CC(O)(CC(=O)O)C(=O)O.O=S(=O)([O-])[O-].O=S(=O)([O-])[O-].O=S(=O)([O-])[O-].[Al+3].[Al+3]. The van der Waals surface area contributed by atoms with E-state index in [9.17, 15) is 43.2 Å². The molecule has 0 heterocycles. The zero-order valence-electron chi connectivity index (χ0n) is 26.6. The van der Waals surface area contributed by atoms with Crippen molar-refractivity contribution in [3.8, 4) is 0 Å². The normalized spacial score (nSPS) is 10.7. The maximum atomic E-state index is 10.3. The smallest absolute Gasteiger partial charge is 0.759 e. The van der Waals surface area contributed by atoms with Crippen LogP contribution in [0.15, 0.2) is 0 Å². The van der Waals surface area contributed by atoms with Gasteiger partial charge in [0.25, 0.3) is 0 Å². The van der Waals surface area contributed by atoms with Crippen LogP contribution in [0.1, 0.15) is 38.5 Å². The molecule has 0 spiro atoms. The van der Waals surface area contributed by atoms with Crippen LogP contribution in [-0.2, 0) is 74.3 Å². The molecular formula is C18H24Al2O33S3. The van der Waals surface area contributed by atoms with E-state index in [1.807, 2.05) is 0 Å². The number of carbonyl (C=O) groups is 9. The molecule has 0 bridgehead atoms. The first-order valence-electron chi connectivity index (χ1n) is 11.5. The van der Waals surface area contributed by atoms with E-state index < -0.39 is 140 Å². The van der Waals surface area contributed by atoms with Crippen LogP contribution >= 0.6 is 0 Å². The Morgan fingerprint density at radius 1 is 0.321 bits per heavy atom. The van der Waals surface area contributed by atoms with Crippen LogP contribution in [-0.4, -0.2) is 219 Å². The van der Waals surface area contributed by atoms with Gasteiger partial charge in [0.05, 0.1) is 38.5 Å². The van der Waals surface area contributed by atoms with Crippen LogP contribution in [0, 0.1) is 0 Å². The van der Waals surface area contributed by atoms with E-state index in [1.165, 1.54) is 0 Å². The van der Waals surface area contributed by atoms with Crippen molar-refractivity contribution in [2.45, 2.75) is 55.3 Å². The first-order valence-corrected chi connectivity index (χ1v) is 15.5. The van der Waals surface area contributed by atoms with Crippen LogP contribution in [0.5, 0.6) is 0 Å². The van der Waals surface area contributed by atoms with E-state index in [1.54, 1.807) is 0 Å². The minimum atomic E-state index is -5.17. The zero-order chi connectivity index (χ0) is 45.4. The summed E-state index contributed by atoms with van der Waals surface area (Å²) in [6, 6.07) is 0. The molecule has 0 saturated carbocycles. The molecule has 0 rings (SSSR count). The van der Waals surface area contributed by atoms with Gasteiger partial charge < -0.3 is 88.6 Å². The van der Waals surface area contributed by atoms with E-state index in [-0.39, 0.29) is 34.7 Å². The molecular weight excluding hydrogens is 894 g/mol. The molecule has 0 aromatic carbocycles. The van der Waals surface area contributed by atoms with Gasteiger partial charge in [0.1, 0.15) is 0 Å². The summed E-state index contributed by atoms with van der Waals surface area (Å²) in [5.41, 5.74) is -8.22. The summed E-state index contributed by atoms with van der Waals surface area (Å²) in [7, 11) is -15.5. The number of aliphatic carboxylic acids is 9. The minimum absolute atomic E-state index is 0. The summed E-state index contributed by atoms with van der Waals surface area (Å²) in [6.07, 6.45) is -6.87. The number of hydrogen-bond acceptors (Lipinski definition) is 24. The molecule has 38 heteroatoms. The second kappa shape index (κ2) is 30.0. The van der Waals surface area contributed by atoms with E-state index in [0.29, 0.717) is 0 Å². The van der Waals surface area contributed by atoms with Gasteiger partial charge in [0, 0.05) is 31.2 Å². The van der Waals surface area contributed by atoms with E-state index in [2.05, 4.69) is 0 Å². The van der Waals surface area contributed by atoms with Crippen molar-refractivity contribution in [3.63, 3.8) is 0 Å². The molecule has 33 nitrogen and oxygen atoms in total. The molecule has 0 unspecified atom stereocenters. The molecule has 0 saturated heterocycles. The zero-order valence-corrected chi connectivity index (χ0v) is 31.3. The van der Waals surface area contributed by atoms with Crippen molar-refractivity contribution in [2.75, 3.05) is 0 Å². The molecule has 318 valence electrons. The van der Waals surface area contributed by atoms with Crippen LogP contribution in [0.2, 0.25) is 0 Å². The van der Waals surface area contributed by atoms with Gasteiger partial charge in [-0.05, 0) is 0 Å². The van der Waals surface area contributed by atoms with Crippen molar-refractivity contribution < 1.29 is 157 Å². The number of carboxylic acids is 9. The second-order valence-corrected chi connectivity index (χ2v) is 11.1. The predicted molar refractivity (Wildman–Crippen MR) is 154 cm³/mol. The van der Waals surface area contributed by atoms with Crippen molar-refractivity contribution in [2.24, 2.45) is 0 Å². The third-order valence-electron chi connectivity index (χ3n) is 3.86. The Morgan fingerprint density at radius 3 is 0.429 bits per heavy atom. The summed E-state index contributed by atoms with van der Waals surface area (Å²) >= 11 is 0. The van der Waals surface area contributed by atoms with Crippen LogP contribution in [0.3, 0.4) is 0 Å². The monoisotopic (exact) mass is 918 g/mol. The first kappa shape index (κ1) is 69.7. The fourth-order valence-corrected chi connectivity index (χ4v) is 2.14. The van der Waals surface area contributed by atoms with Gasteiger partial charge in [0.2, 0.25) is 0 Å². The fourth-order valence-electron chi connectivity index (χ4n) is 2.14. The van der Waals surface area contributed by atoms with E-state index in [0.717, 1.165) is 0 Å². The molecule has 12 N–H and O–H groups in total. The van der Waals surface area contributed by atoms with Crippen LogP contribution < -0.4 is 0 Å². The van der Waals surface area contributed by atoms with Gasteiger partial charge in [-0.1, -0.05) is 0 Å². The van der Waals surface area contributed by atoms with Crippen molar-refractivity contribution >= 4 is 120 Å². The summed E-state index contributed by atoms with van der Waals surface area (Å²) < 4.78 is 102. The van der Waals surface area contributed by atoms with Crippen molar-refractivity contribution in [1.82, 2.24) is 0 Å². The van der Waals surface area contributed by atoms with Gasteiger partial charge in [-0.25, -0.2) is 14.4 Å². The second-order valence-electron chi connectivity index (χ2n) is 8.66. The number of hydrogen-bond donors (Lipinski definition) is 12. The summed E-state index contributed by atoms with van der Waals surface area (Å²) in [5, 5.41) is 101. The average molecular weight is 919 g/mol. The largest absolute Gasteiger partial charge is 3.00 e. The Balaban J connectivity index is -0.0000000858. The molecule has 0 atom stereocenters. The average Bonchev–Trinajstić information content (AvgIpc) is 2.78. The summed E-state index contributed by atoms with van der Waals surface area (Å²) in [6.45, 7) is 0. The van der Waals surface area contributed by atoms with E-state index >= 15 is 0 Å². The van der Waals surface area contributed by atoms with Gasteiger partial charge in [-0.2, -0.15) is 0 Å². The molecule has 0 amide bonds. The molecule has 0 aliphatic heterocycles. The number of rotatable bonds is 15. The fraction of sp³-hybridized carbons (Fsp3) is 0.500. The molecule has 0 aromatic heterocycles. The van der Waals surface area contributed by atoms with Crippen LogP contribution in [0.25, 0.3) is 0 Å². The third kappa shape index (κ3) is 61.8. The molecule has 56 heavy (non-hydrogen) atoms. The minimum Gasteiger partial charge on any atom is -0.759 e. The third-order valence-corrected chi connectivity index (χ3v) is 3.86. The van der Waals surface area contributed by atoms with Crippen molar-refractivity contribution in [3.05, 3.63) is 0 Å². The van der Waals surface area contributed by atoms with Crippen LogP contribution in [0.4, 0.5) is 0 Å².